The topological polar surface area (TPSA) is 72.9 Å². The van der Waals surface area contributed by atoms with Crippen LogP contribution in [0.5, 0.6) is 0 Å². The zero-order valence-corrected chi connectivity index (χ0v) is 11.7. The molecule has 0 radical (unpaired) electrons. The number of carbonyl (C=O) groups is 3. The molecule has 0 aromatic carbocycles. The summed E-state index contributed by atoms with van der Waals surface area (Å²) >= 11 is 0. The van der Waals surface area contributed by atoms with Crippen LogP contribution >= 0.6 is 0 Å². The third-order valence-corrected chi connectivity index (χ3v) is 3.36. The van der Waals surface area contributed by atoms with Gasteiger partial charge in [-0.1, -0.05) is 0 Å². The Morgan fingerprint density at radius 2 is 2.00 bits per heavy atom. The van der Waals surface area contributed by atoms with Crippen LogP contribution in [-0.4, -0.2) is 49.0 Å². The van der Waals surface area contributed by atoms with Gasteiger partial charge in [-0.25, -0.2) is 4.79 Å². The molecule has 0 unspecified atom stereocenters. The summed E-state index contributed by atoms with van der Waals surface area (Å²) in [5.74, 6) is -0.759. The van der Waals surface area contributed by atoms with E-state index in [0.717, 1.165) is 0 Å². The fourth-order valence-electron chi connectivity index (χ4n) is 2.35. The van der Waals surface area contributed by atoms with Crippen LogP contribution in [0.25, 0.3) is 0 Å². The van der Waals surface area contributed by atoms with Gasteiger partial charge in [-0.15, -0.1) is 0 Å². The highest BCUT2D eigenvalue weighted by Crippen LogP contribution is 2.25. The smallest absolute Gasteiger partial charge is 0.409 e. The average Bonchev–Trinajstić information content (AvgIpc) is 2.37. The maximum absolute atomic E-state index is 11.9. The second kappa shape index (κ2) is 7.11. The summed E-state index contributed by atoms with van der Waals surface area (Å²) in [7, 11) is 1.34. The standard InChI is InChI=1S/C13H21NO5/c1-4-19-12(16)8-11(15)10-5-6-14(9(2)7-10)13(17)18-3/h9-10H,4-8H2,1-3H3/t9-,10+/m1/s1. The van der Waals surface area contributed by atoms with Crippen molar-refractivity contribution in [3.8, 4) is 0 Å². The highest BCUT2D eigenvalue weighted by atomic mass is 16.5. The zero-order chi connectivity index (χ0) is 14.4. The Morgan fingerprint density at radius 3 is 2.53 bits per heavy atom. The second-order valence-corrected chi connectivity index (χ2v) is 4.68. The third-order valence-electron chi connectivity index (χ3n) is 3.36. The summed E-state index contributed by atoms with van der Waals surface area (Å²) in [6.45, 7) is 4.34. The number of rotatable bonds is 4. The number of esters is 1. The van der Waals surface area contributed by atoms with E-state index in [-0.39, 0.29) is 36.9 Å². The highest BCUT2D eigenvalue weighted by Gasteiger charge is 2.33. The van der Waals surface area contributed by atoms with Crippen molar-refractivity contribution >= 4 is 17.8 Å². The maximum Gasteiger partial charge on any atom is 0.409 e. The first-order valence-electron chi connectivity index (χ1n) is 6.52. The molecule has 1 aliphatic rings. The van der Waals surface area contributed by atoms with E-state index in [1.54, 1.807) is 11.8 Å². The van der Waals surface area contributed by atoms with E-state index < -0.39 is 5.97 Å². The molecule has 0 saturated carbocycles. The molecule has 0 aromatic rings. The predicted octanol–water partition coefficient (Wildman–Crippen LogP) is 1.38. The van der Waals surface area contributed by atoms with Gasteiger partial charge in [0.15, 0.2) is 0 Å². The van der Waals surface area contributed by atoms with Crippen LogP contribution in [0.1, 0.15) is 33.1 Å². The van der Waals surface area contributed by atoms with E-state index in [0.29, 0.717) is 19.4 Å². The lowest BCUT2D eigenvalue weighted by Crippen LogP contribution is -2.46. The van der Waals surface area contributed by atoms with Gasteiger partial charge in [0.05, 0.1) is 13.7 Å². The fourth-order valence-corrected chi connectivity index (χ4v) is 2.35. The highest BCUT2D eigenvalue weighted by molar-refractivity contribution is 5.96. The lowest BCUT2D eigenvalue weighted by Gasteiger charge is -2.35. The predicted molar refractivity (Wildman–Crippen MR) is 67.6 cm³/mol. The van der Waals surface area contributed by atoms with E-state index in [1.165, 1.54) is 7.11 Å². The number of Topliss-reactive ketones (excluding diaryl/α,β-unsaturated/α-hetero) is 1. The molecule has 19 heavy (non-hydrogen) atoms. The molecule has 0 aromatic heterocycles. The molecule has 0 N–H and O–H groups in total. The van der Waals surface area contributed by atoms with Crippen molar-refractivity contribution in [2.45, 2.75) is 39.2 Å². The van der Waals surface area contributed by atoms with Crippen LogP contribution in [0.15, 0.2) is 0 Å². The summed E-state index contributed by atoms with van der Waals surface area (Å²) in [5.41, 5.74) is 0. The second-order valence-electron chi connectivity index (χ2n) is 4.68. The summed E-state index contributed by atoms with van der Waals surface area (Å²) in [6, 6.07) is -0.0580. The minimum absolute atomic E-state index is 0.0580. The van der Waals surface area contributed by atoms with Crippen molar-refractivity contribution in [3.05, 3.63) is 0 Å². The third kappa shape index (κ3) is 4.22. The zero-order valence-electron chi connectivity index (χ0n) is 11.7. The SMILES string of the molecule is CCOC(=O)CC(=O)[C@H]1CCN(C(=O)OC)[C@H](C)C1. The van der Waals surface area contributed by atoms with E-state index in [1.807, 2.05) is 6.92 Å². The molecule has 0 aliphatic carbocycles. The number of ketones is 1. The number of hydrogen-bond donors (Lipinski definition) is 0. The molecule has 6 nitrogen and oxygen atoms in total. The number of nitrogens with zero attached hydrogens (tertiary/aromatic N) is 1. The Morgan fingerprint density at radius 1 is 1.32 bits per heavy atom. The lowest BCUT2D eigenvalue weighted by atomic mass is 9.87. The van der Waals surface area contributed by atoms with Crippen molar-refractivity contribution < 1.29 is 23.9 Å². The van der Waals surface area contributed by atoms with E-state index in [2.05, 4.69) is 4.74 Å². The van der Waals surface area contributed by atoms with Gasteiger partial charge in [0.1, 0.15) is 12.2 Å². The fraction of sp³-hybridized carbons (Fsp3) is 0.769. The average molecular weight is 271 g/mol. The molecule has 0 spiro atoms. The van der Waals surface area contributed by atoms with Gasteiger partial charge in [-0.05, 0) is 26.7 Å². The summed E-state index contributed by atoms with van der Waals surface area (Å²) < 4.78 is 9.44. The Labute approximate surface area is 113 Å². The van der Waals surface area contributed by atoms with Crippen LogP contribution in [0, 0.1) is 5.92 Å². The summed E-state index contributed by atoms with van der Waals surface area (Å²) in [6.07, 6.45) is 0.581. The quantitative estimate of drug-likeness (QED) is 0.570. The van der Waals surface area contributed by atoms with Crippen LogP contribution in [-0.2, 0) is 19.1 Å². The summed E-state index contributed by atoms with van der Waals surface area (Å²) in [5, 5.41) is 0. The first-order chi connectivity index (χ1) is 8.99. The molecule has 108 valence electrons. The minimum atomic E-state index is -0.476. The number of carbonyl (C=O) groups excluding carboxylic acids is 3. The number of methoxy groups -OCH3 is 1. The van der Waals surface area contributed by atoms with E-state index >= 15 is 0 Å². The van der Waals surface area contributed by atoms with Crippen molar-refractivity contribution in [2.75, 3.05) is 20.3 Å². The lowest BCUT2D eigenvalue weighted by molar-refractivity contribution is -0.146. The Balaban J connectivity index is 2.49. The maximum atomic E-state index is 11.9. The first-order valence-corrected chi connectivity index (χ1v) is 6.52. The molecule has 1 saturated heterocycles. The van der Waals surface area contributed by atoms with E-state index in [4.69, 9.17) is 4.74 Å². The molecule has 0 bridgehead atoms. The van der Waals surface area contributed by atoms with E-state index in [9.17, 15) is 14.4 Å². The molecular formula is C13H21NO5. The first kappa shape index (κ1) is 15.5. The Kier molecular flexibility index (Phi) is 5.79. The van der Waals surface area contributed by atoms with Gasteiger partial charge in [0, 0.05) is 18.5 Å². The van der Waals surface area contributed by atoms with Crippen molar-refractivity contribution in [1.29, 1.82) is 0 Å². The van der Waals surface area contributed by atoms with Crippen molar-refractivity contribution in [1.82, 2.24) is 4.90 Å². The molecule has 1 amide bonds. The number of piperidine rings is 1. The normalized spacial score (nSPS) is 22.8. The van der Waals surface area contributed by atoms with Crippen LogP contribution in [0.2, 0.25) is 0 Å². The van der Waals surface area contributed by atoms with Gasteiger partial charge in [0.25, 0.3) is 0 Å². The van der Waals surface area contributed by atoms with Crippen LogP contribution < -0.4 is 0 Å². The molecule has 1 heterocycles. The van der Waals surface area contributed by atoms with Crippen molar-refractivity contribution in [2.24, 2.45) is 5.92 Å². The number of amides is 1. The molecule has 1 rings (SSSR count). The van der Waals surface area contributed by atoms with Gasteiger partial charge >= 0.3 is 12.1 Å². The molecule has 1 fully saturated rings. The minimum Gasteiger partial charge on any atom is -0.466 e. The van der Waals surface area contributed by atoms with Crippen LogP contribution in [0.4, 0.5) is 4.79 Å². The van der Waals surface area contributed by atoms with Crippen LogP contribution in [0.3, 0.4) is 0 Å². The van der Waals surface area contributed by atoms with Gasteiger partial charge in [-0.3, -0.25) is 9.59 Å². The van der Waals surface area contributed by atoms with Gasteiger partial charge in [-0.2, -0.15) is 0 Å². The molecular weight excluding hydrogens is 250 g/mol. The summed E-state index contributed by atoms with van der Waals surface area (Å²) in [4.78, 5) is 36.3. The number of ether oxygens (including phenoxy) is 2. The molecule has 1 aliphatic heterocycles. The Hall–Kier alpha value is -1.59. The van der Waals surface area contributed by atoms with Gasteiger partial charge < -0.3 is 14.4 Å². The largest absolute Gasteiger partial charge is 0.466 e. The number of hydrogen-bond acceptors (Lipinski definition) is 5. The van der Waals surface area contributed by atoms with Crippen molar-refractivity contribution in [3.63, 3.8) is 0 Å². The molecule has 6 heteroatoms. The monoisotopic (exact) mass is 271 g/mol. The van der Waals surface area contributed by atoms with Gasteiger partial charge in [0.2, 0.25) is 0 Å². The Bertz CT molecular complexity index is 355. The molecule has 2 atom stereocenters. The number of likely N-dealkylation sites (tertiary alicyclic amines) is 1.